The van der Waals surface area contributed by atoms with Gasteiger partial charge in [0.1, 0.15) is 0 Å². The van der Waals surface area contributed by atoms with E-state index in [0.29, 0.717) is 20.6 Å². The molecule has 0 unspecified atom stereocenters. The lowest BCUT2D eigenvalue weighted by molar-refractivity contribution is -0.136. The number of nitrogens with zero attached hydrogens (tertiary/aromatic N) is 1. The van der Waals surface area contributed by atoms with Gasteiger partial charge in [0.25, 0.3) is 5.91 Å². The predicted molar refractivity (Wildman–Crippen MR) is 143 cm³/mol. The van der Waals surface area contributed by atoms with E-state index in [1.165, 1.54) is 23.4 Å². The Morgan fingerprint density at radius 3 is 2.50 bits per heavy atom. The molecule has 1 N–H and O–H groups in total. The first-order valence-electron chi connectivity index (χ1n) is 11.1. The number of hydrogen-bond acceptors (Lipinski definition) is 5. The van der Waals surface area contributed by atoms with Gasteiger partial charge < -0.3 is 5.32 Å². The summed E-state index contributed by atoms with van der Waals surface area (Å²) in [5, 5.41) is 3.78. The summed E-state index contributed by atoms with van der Waals surface area (Å²) in [6.45, 7) is 2.87. The van der Waals surface area contributed by atoms with Crippen LogP contribution < -0.4 is 5.32 Å². The number of amides is 1. The van der Waals surface area contributed by atoms with Gasteiger partial charge in [-0.3, -0.25) is 4.79 Å². The van der Waals surface area contributed by atoms with E-state index in [1.807, 2.05) is 0 Å². The fourth-order valence-electron chi connectivity index (χ4n) is 4.13. The van der Waals surface area contributed by atoms with Crippen molar-refractivity contribution in [1.29, 1.82) is 0 Å². The minimum absolute atomic E-state index is 0.0287. The van der Waals surface area contributed by atoms with Gasteiger partial charge in [0.2, 0.25) is 10.0 Å². The van der Waals surface area contributed by atoms with Crippen LogP contribution >= 0.6 is 27.5 Å². The molecule has 12 heteroatoms. The van der Waals surface area contributed by atoms with Crippen LogP contribution in [0.3, 0.4) is 0 Å². The molecule has 1 amide bonds. The second-order valence-corrected chi connectivity index (χ2v) is 14.0. The Morgan fingerprint density at radius 2 is 1.89 bits per heavy atom. The third-order valence-electron chi connectivity index (χ3n) is 5.91. The first-order chi connectivity index (χ1) is 16.6. The average molecular weight is 622 g/mol. The molecule has 36 heavy (non-hydrogen) atoms. The van der Waals surface area contributed by atoms with Gasteiger partial charge in [0, 0.05) is 63.8 Å². The molecule has 1 saturated heterocycles. The van der Waals surface area contributed by atoms with Crippen molar-refractivity contribution in [1.82, 2.24) is 9.62 Å². The van der Waals surface area contributed by atoms with Crippen molar-refractivity contribution in [3.8, 4) is 11.1 Å². The molecule has 1 aliphatic rings. The first-order valence-corrected chi connectivity index (χ1v) is 15.6. The number of sulfone groups is 1. The zero-order valence-corrected chi connectivity index (χ0v) is 23.9. The van der Waals surface area contributed by atoms with Gasteiger partial charge in [-0.1, -0.05) is 51.8 Å². The van der Waals surface area contributed by atoms with Crippen LogP contribution in [0.1, 0.15) is 26.7 Å². The number of benzene rings is 2. The Kier molecular flexibility index (Phi) is 8.72. The standard InChI is InChI=1S/C24H27BrClFN2O5S2/c1-16(10-13-35(3,31)32)28-23(30)24(27)11-12-29(17(2)15-24)36(33,34)22-9-8-18(25)14-20(22)19-6-4-5-7-21(19)26/h4-10,13-14,16-17H,11-12,15H2,1-3H3,(H,28,30)/b13-10-/t16-,17-,24+/m1/s1. The average Bonchev–Trinajstić information content (AvgIpc) is 2.77. The molecule has 0 aliphatic carbocycles. The van der Waals surface area contributed by atoms with Crippen molar-refractivity contribution >= 4 is 53.3 Å². The lowest BCUT2D eigenvalue weighted by Gasteiger charge is -2.39. The Hall–Kier alpha value is -1.79. The van der Waals surface area contributed by atoms with Crippen molar-refractivity contribution in [2.75, 3.05) is 12.8 Å². The van der Waals surface area contributed by atoms with Crippen molar-refractivity contribution in [2.45, 2.75) is 49.3 Å². The van der Waals surface area contributed by atoms with Crippen LogP contribution in [0.15, 0.2) is 63.3 Å². The zero-order chi connectivity index (χ0) is 26.9. The molecule has 7 nitrogen and oxygen atoms in total. The summed E-state index contributed by atoms with van der Waals surface area (Å²) in [6.07, 6.45) is 1.57. The molecule has 3 rings (SSSR count). The summed E-state index contributed by atoms with van der Waals surface area (Å²) < 4.78 is 67.6. The van der Waals surface area contributed by atoms with Crippen LogP contribution in [0.25, 0.3) is 11.1 Å². The number of carbonyl (C=O) groups is 1. The third kappa shape index (κ3) is 6.55. The maximum atomic E-state index is 15.7. The molecule has 1 heterocycles. The highest BCUT2D eigenvalue weighted by Crippen LogP contribution is 2.39. The van der Waals surface area contributed by atoms with Crippen molar-refractivity contribution in [3.63, 3.8) is 0 Å². The number of sulfonamides is 1. The summed E-state index contributed by atoms with van der Waals surface area (Å²) >= 11 is 9.73. The molecule has 3 atom stereocenters. The second kappa shape index (κ2) is 10.9. The molecular weight excluding hydrogens is 595 g/mol. The SMILES string of the molecule is C[C@H](/C=C\S(C)(=O)=O)NC(=O)[C@]1(F)CCN(S(=O)(=O)c2ccc(Br)cc2-c2ccccc2Cl)[C@H](C)C1. The van der Waals surface area contributed by atoms with Gasteiger partial charge in [-0.15, -0.1) is 0 Å². The highest BCUT2D eigenvalue weighted by molar-refractivity contribution is 9.10. The van der Waals surface area contributed by atoms with Gasteiger partial charge in [0.15, 0.2) is 15.5 Å². The molecule has 2 aromatic carbocycles. The largest absolute Gasteiger partial charge is 0.347 e. The van der Waals surface area contributed by atoms with Crippen LogP contribution in [0.4, 0.5) is 4.39 Å². The van der Waals surface area contributed by atoms with E-state index < -0.39 is 43.5 Å². The first kappa shape index (κ1) is 28.8. The molecular formula is C24H27BrClFN2O5S2. The normalized spacial score (nSPS) is 22.4. The van der Waals surface area contributed by atoms with Crippen LogP contribution in [0.5, 0.6) is 0 Å². The number of halogens is 3. The minimum atomic E-state index is -4.07. The summed E-state index contributed by atoms with van der Waals surface area (Å²) in [7, 11) is -7.46. The van der Waals surface area contributed by atoms with Crippen LogP contribution in [-0.2, 0) is 24.7 Å². The van der Waals surface area contributed by atoms with Gasteiger partial charge >= 0.3 is 0 Å². The molecule has 196 valence electrons. The Morgan fingerprint density at radius 1 is 1.22 bits per heavy atom. The third-order valence-corrected chi connectivity index (χ3v) is 9.46. The minimum Gasteiger partial charge on any atom is -0.347 e. The predicted octanol–water partition coefficient (Wildman–Crippen LogP) is 4.71. The fourth-order valence-corrected chi connectivity index (χ4v) is 7.07. The summed E-state index contributed by atoms with van der Waals surface area (Å²) in [5.41, 5.74) is -1.35. The van der Waals surface area contributed by atoms with E-state index in [2.05, 4.69) is 21.2 Å². The highest BCUT2D eigenvalue weighted by Gasteiger charge is 2.48. The molecule has 0 aromatic heterocycles. The Labute approximate surface area is 224 Å². The number of alkyl halides is 1. The lowest BCUT2D eigenvalue weighted by Crippen LogP contribution is -2.56. The molecule has 0 radical (unpaired) electrons. The zero-order valence-electron chi connectivity index (χ0n) is 19.9. The van der Waals surface area contributed by atoms with Crippen molar-refractivity contribution in [2.24, 2.45) is 0 Å². The number of hydrogen-bond donors (Lipinski definition) is 1. The summed E-state index contributed by atoms with van der Waals surface area (Å²) in [4.78, 5) is 12.7. The maximum absolute atomic E-state index is 15.7. The summed E-state index contributed by atoms with van der Waals surface area (Å²) in [5.74, 6) is -0.905. The number of piperidine rings is 1. The summed E-state index contributed by atoms with van der Waals surface area (Å²) in [6, 6.07) is 10.1. The smallest absolute Gasteiger partial charge is 0.258 e. The number of carbonyl (C=O) groups excluding carboxylic acids is 1. The lowest BCUT2D eigenvalue weighted by atomic mass is 9.89. The fraction of sp³-hybridized carbons (Fsp3) is 0.375. The van der Waals surface area contributed by atoms with Gasteiger partial charge in [-0.25, -0.2) is 21.2 Å². The topological polar surface area (TPSA) is 101 Å². The van der Waals surface area contributed by atoms with Gasteiger partial charge in [-0.05, 0) is 38.1 Å². The van der Waals surface area contributed by atoms with Crippen molar-refractivity contribution in [3.05, 3.63) is 63.4 Å². The van der Waals surface area contributed by atoms with Crippen LogP contribution in [0, 0.1) is 0 Å². The van der Waals surface area contributed by atoms with E-state index in [0.717, 1.165) is 11.7 Å². The highest BCUT2D eigenvalue weighted by atomic mass is 79.9. The molecule has 0 saturated carbocycles. The van der Waals surface area contributed by atoms with Gasteiger partial charge in [-0.2, -0.15) is 4.31 Å². The number of rotatable bonds is 7. The number of nitrogens with one attached hydrogen (secondary N) is 1. The van der Waals surface area contributed by atoms with Crippen LogP contribution in [0.2, 0.25) is 5.02 Å². The van der Waals surface area contributed by atoms with E-state index in [-0.39, 0.29) is 24.3 Å². The molecule has 0 spiro atoms. The van der Waals surface area contributed by atoms with E-state index in [9.17, 15) is 21.6 Å². The van der Waals surface area contributed by atoms with Gasteiger partial charge in [0.05, 0.1) is 4.90 Å². The van der Waals surface area contributed by atoms with E-state index in [4.69, 9.17) is 11.6 Å². The Balaban J connectivity index is 1.85. The maximum Gasteiger partial charge on any atom is 0.258 e. The monoisotopic (exact) mass is 620 g/mol. The van der Waals surface area contributed by atoms with Crippen LogP contribution in [-0.4, -0.2) is 57.6 Å². The van der Waals surface area contributed by atoms with E-state index in [1.54, 1.807) is 43.3 Å². The molecule has 2 aromatic rings. The quantitative estimate of drug-likeness (QED) is 0.483. The van der Waals surface area contributed by atoms with E-state index >= 15 is 4.39 Å². The Bertz CT molecular complexity index is 1400. The molecule has 0 bridgehead atoms. The second-order valence-electron chi connectivity index (χ2n) is 8.92. The van der Waals surface area contributed by atoms with Crippen molar-refractivity contribution < 1.29 is 26.0 Å². The molecule has 1 fully saturated rings. The molecule has 1 aliphatic heterocycles.